The van der Waals surface area contributed by atoms with E-state index in [-0.39, 0.29) is 18.0 Å². The fourth-order valence-electron chi connectivity index (χ4n) is 2.19. The number of nitrogens with two attached hydrogens (primary N) is 1. The van der Waals surface area contributed by atoms with E-state index < -0.39 is 0 Å². The Morgan fingerprint density at radius 2 is 2.26 bits per heavy atom. The topological polar surface area (TPSA) is 94.4 Å². The predicted molar refractivity (Wildman–Crippen MR) is 67.3 cm³/mol. The van der Waals surface area contributed by atoms with Gasteiger partial charge in [0.1, 0.15) is 11.9 Å². The Bertz CT molecular complexity index is 570. The summed E-state index contributed by atoms with van der Waals surface area (Å²) in [5, 5.41) is 13.3. The van der Waals surface area contributed by atoms with Crippen molar-refractivity contribution in [3.8, 4) is 17.1 Å². The third-order valence-corrected chi connectivity index (χ3v) is 3.19. The molecular weight excluding hydrogens is 246 g/mol. The van der Waals surface area contributed by atoms with Gasteiger partial charge in [0, 0.05) is 12.1 Å². The van der Waals surface area contributed by atoms with Gasteiger partial charge in [0.05, 0.1) is 6.10 Å². The van der Waals surface area contributed by atoms with Crippen LogP contribution in [0, 0.1) is 0 Å². The molecule has 6 nitrogen and oxygen atoms in total. The summed E-state index contributed by atoms with van der Waals surface area (Å²) in [5.74, 6) is 1.09. The number of phenols is 1. The van der Waals surface area contributed by atoms with Gasteiger partial charge in [0.25, 0.3) is 5.89 Å². The van der Waals surface area contributed by atoms with Crippen molar-refractivity contribution in [3.05, 3.63) is 30.2 Å². The summed E-state index contributed by atoms with van der Waals surface area (Å²) < 4.78 is 10.9. The van der Waals surface area contributed by atoms with Crippen molar-refractivity contribution >= 4 is 0 Å². The normalized spacial score (nSPS) is 22.8. The Morgan fingerprint density at radius 1 is 1.37 bits per heavy atom. The van der Waals surface area contributed by atoms with Crippen molar-refractivity contribution in [1.82, 2.24) is 10.1 Å². The van der Waals surface area contributed by atoms with Crippen LogP contribution in [0.3, 0.4) is 0 Å². The summed E-state index contributed by atoms with van der Waals surface area (Å²) >= 11 is 0. The number of ether oxygens (including phenoxy) is 1. The maximum absolute atomic E-state index is 9.43. The smallest absolute Gasteiger partial charge is 0.256 e. The van der Waals surface area contributed by atoms with Crippen LogP contribution >= 0.6 is 0 Å². The Hall–Kier alpha value is -1.92. The first-order valence-electron chi connectivity index (χ1n) is 6.25. The van der Waals surface area contributed by atoms with Gasteiger partial charge in [-0.15, -0.1) is 0 Å². The van der Waals surface area contributed by atoms with Crippen LogP contribution in [0.4, 0.5) is 0 Å². The predicted octanol–water partition coefficient (Wildman–Crippen LogP) is 1.62. The third kappa shape index (κ3) is 2.45. The minimum atomic E-state index is -0.174. The maximum atomic E-state index is 9.43. The van der Waals surface area contributed by atoms with Crippen molar-refractivity contribution in [1.29, 1.82) is 0 Å². The largest absolute Gasteiger partial charge is 0.508 e. The van der Waals surface area contributed by atoms with E-state index in [4.69, 9.17) is 15.0 Å². The molecule has 6 heteroatoms. The molecule has 1 saturated heterocycles. The van der Waals surface area contributed by atoms with Crippen LogP contribution in [0.1, 0.15) is 24.8 Å². The number of hydrogen-bond donors (Lipinski definition) is 2. The molecule has 0 spiro atoms. The van der Waals surface area contributed by atoms with Crippen molar-refractivity contribution in [2.75, 3.05) is 6.54 Å². The highest BCUT2D eigenvalue weighted by Crippen LogP contribution is 2.32. The molecule has 2 atom stereocenters. The van der Waals surface area contributed by atoms with Gasteiger partial charge in [-0.25, -0.2) is 0 Å². The number of benzene rings is 1. The monoisotopic (exact) mass is 261 g/mol. The van der Waals surface area contributed by atoms with Gasteiger partial charge in [-0.1, -0.05) is 17.3 Å². The summed E-state index contributed by atoms with van der Waals surface area (Å²) in [6.45, 7) is 0.504. The zero-order valence-electron chi connectivity index (χ0n) is 10.3. The van der Waals surface area contributed by atoms with Gasteiger partial charge in [-0.2, -0.15) is 4.98 Å². The Balaban J connectivity index is 1.80. The highest BCUT2D eigenvalue weighted by molar-refractivity contribution is 5.56. The second-order valence-electron chi connectivity index (χ2n) is 4.57. The molecule has 2 heterocycles. The number of phenolic OH excluding ortho intramolecular Hbond substituents is 1. The molecule has 3 rings (SSSR count). The minimum Gasteiger partial charge on any atom is -0.508 e. The van der Waals surface area contributed by atoms with Crippen molar-refractivity contribution in [3.63, 3.8) is 0 Å². The molecule has 2 aromatic rings. The highest BCUT2D eigenvalue weighted by Gasteiger charge is 2.30. The van der Waals surface area contributed by atoms with Gasteiger partial charge < -0.3 is 20.1 Å². The van der Waals surface area contributed by atoms with Crippen molar-refractivity contribution in [2.24, 2.45) is 5.73 Å². The second kappa shape index (κ2) is 4.99. The molecule has 0 aliphatic carbocycles. The van der Waals surface area contributed by atoms with E-state index in [9.17, 15) is 5.11 Å². The van der Waals surface area contributed by atoms with E-state index in [1.165, 1.54) is 0 Å². The van der Waals surface area contributed by atoms with Gasteiger partial charge in [-0.3, -0.25) is 0 Å². The molecule has 0 amide bonds. The van der Waals surface area contributed by atoms with E-state index in [2.05, 4.69) is 10.1 Å². The van der Waals surface area contributed by atoms with Gasteiger partial charge in [-0.05, 0) is 25.0 Å². The van der Waals surface area contributed by atoms with Crippen LogP contribution in [0.25, 0.3) is 11.4 Å². The van der Waals surface area contributed by atoms with Gasteiger partial charge in [0.2, 0.25) is 5.82 Å². The average Bonchev–Trinajstić information content (AvgIpc) is 3.07. The summed E-state index contributed by atoms with van der Waals surface area (Å²) in [6, 6.07) is 6.73. The summed E-state index contributed by atoms with van der Waals surface area (Å²) in [4.78, 5) is 4.32. The Morgan fingerprint density at radius 3 is 3.00 bits per heavy atom. The van der Waals surface area contributed by atoms with E-state index in [0.29, 0.717) is 23.8 Å². The Labute approximate surface area is 110 Å². The number of aromatic nitrogens is 2. The first kappa shape index (κ1) is 12.1. The van der Waals surface area contributed by atoms with E-state index in [1.807, 2.05) is 6.07 Å². The lowest BCUT2D eigenvalue weighted by molar-refractivity contribution is 0.0307. The quantitative estimate of drug-likeness (QED) is 0.871. The zero-order chi connectivity index (χ0) is 13.2. The lowest BCUT2D eigenvalue weighted by Gasteiger charge is -2.07. The lowest BCUT2D eigenvalue weighted by atomic mass is 10.2. The third-order valence-electron chi connectivity index (χ3n) is 3.19. The van der Waals surface area contributed by atoms with Crippen LogP contribution < -0.4 is 5.73 Å². The number of aromatic hydroxyl groups is 1. The van der Waals surface area contributed by atoms with Crippen LogP contribution in [-0.4, -0.2) is 27.9 Å². The summed E-state index contributed by atoms with van der Waals surface area (Å²) in [7, 11) is 0. The summed E-state index contributed by atoms with van der Waals surface area (Å²) in [6.07, 6.45) is 1.64. The number of hydrogen-bond acceptors (Lipinski definition) is 6. The van der Waals surface area contributed by atoms with Crippen molar-refractivity contribution in [2.45, 2.75) is 25.0 Å². The van der Waals surface area contributed by atoms with Crippen LogP contribution in [0.5, 0.6) is 5.75 Å². The molecule has 19 heavy (non-hydrogen) atoms. The van der Waals surface area contributed by atoms with Gasteiger partial charge >= 0.3 is 0 Å². The molecule has 0 radical (unpaired) electrons. The fourth-order valence-corrected chi connectivity index (χ4v) is 2.19. The first-order chi connectivity index (χ1) is 9.26. The molecule has 1 aliphatic heterocycles. The molecule has 2 unspecified atom stereocenters. The highest BCUT2D eigenvalue weighted by atomic mass is 16.5. The fraction of sp³-hybridized carbons (Fsp3) is 0.385. The van der Waals surface area contributed by atoms with E-state index >= 15 is 0 Å². The molecule has 3 N–H and O–H groups in total. The second-order valence-corrected chi connectivity index (χ2v) is 4.57. The number of nitrogens with zero attached hydrogens (tertiary/aromatic N) is 2. The van der Waals surface area contributed by atoms with E-state index in [1.54, 1.807) is 18.2 Å². The maximum Gasteiger partial charge on any atom is 0.256 e. The molecule has 100 valence electrons. The first-order valence-corrected chi connectivity index (χ1v) is 6.25. The number of rotatable bonds is 3. The molecule has 1 aromatic heterocycles. The Kier molecular flexibility index (Phi) is 3.18. The molecule has 1 fully saturated rings. The molecular formula is C13H15N3O3. The average molecular weight is 261 g/mol. The summed E-state index contributed by atoms with van der Waals surface area (Å²) in [5.41, 5.74) is 6.28. The molecule has 0 saturated carbocycles. The SMILES string of the molecule is NCC1CCC(c2nc(-c3cccc(O)c3)no2)O1. The van der Waals surface area contributed by atoms with Crippen LogP contribution in [-0.2, 0) is 4.74 Å². The van der Waals surface area contributed by atoms with Crippen molar-refractivity contribution < 1.29 is 14.4 Å². The molecule has 0 bridgehead atoms. The minimum absolute atomic E-state index is 0.0705. The molecule has 1 aromatic carbocycles. The lowest BCUT2D eigenvalue weighted by Crippen LogP contribution is -2.18. The van der Waals surface area contributed by atoms with Crippen LogP contribution in [0.2, 0.25) is 0 Å². The standard InChI is InChI=1S/C13H15N3O3/c14-7-10-4-5-11(18-10)13-15-12(16-19-13)8-2-1-3-9(17)6-8/h1-3,6,10-11,17H,4-5,7,14H2. The zero-order valence-corrected chi connectivity index (χ0v) is 10.3. The van der Waals surface area contributed by atoms with E-state index in [0.717, 1.165) is 12.8 Å². The van der Waals surface area contributed by atoms with Gasteiger partial charge in [0.15, 0.2) is 0 Å². The van der Waals surface area contributed by atoms with Crippen LogP contribution in [0.15, 0.2) is 28.8 Å². The molecule has 1 aliphatic rings.